The number of rotatable bonds is 4. The zero-order valence-electron chi connectivity index (χ0n) is 12.4. The van der Waals surface area contributed by atoms with Crippen molar-refractivity contribution in [3.63, 3.8) is 0 Å². The van der Waals surface area contributed by atoms with E-state index in [9.17, 15) is 13.2 Å². The first kappa shape index (κ1) is 15.5. The lowest BCUT2D eigenvalue weighted by atomic mass is 9.84. The van der Waals surface area contributed by atoms with Crippen molar-refractivity contribution in [3.05, 3.63) is 24.2 Å². The molecule has 0 aromatic carbocycles. The number of hydrogen-bond donors (Lipinski definition) is 1. The zero-order chi connectivity index (χ0) is 15.7. The minimum Gasteiger partial charge on any atom is -0.472 e. The van der Waals surface area contributed by atoms with Gasteiger partial charge in [0.2, 0.25) is 10.0 Å². The highest BCUT2D eigenvalue weighted by atomic mass is 32.2. The quantitative estimate of drug-likeness (QED) is 0.859. The monoisotopic (exact) mass is 328 g/mol. The van der Waals surface area contributed by atoms with Crippen molar-refractivity contribution in [1.29, 1.82) is 0 Å². The standard InChI is InChI=1S/C14H20N2O5S/c1-22(18,19)15-6-13-12-7-16(4-2-10(12)9-21-13)14(17)11-3-5-20-8-11/h3,5,8,10,12-13,15H,2,4,6-7,9H2,1H3/t10-,12-,13+/m0/s1. The molecule has 0 aliphatic carbocycles. The molecule has 2 saturated heterocycles. The normalized spacial score (nSPS) is 28.6. The third-order valence-corrected chi connectivity index (χ3v) is 5.10. The van der Waals surface area contributed by atoms with E-state index in [2.05, 4.69) is 4.72 Å². The van der Waals surface area contributed by atoms with Crippen LogP contribution in [0.25, 0.3) is 0 Å². The van der Waals surface area contributed by atoms with E-state index in [4.69, 9.17) is 9.15 Å². The molecular weight excluding hydrogens is 308 g/mol. The Bertz CT molecular complexity index is 628. The molecule has 2 aliphatic rings. The van der Waals surface area contributed by atoms with Crippen molar-refractivity contribution in [2.75, 3.05) is 32.5 Å². The van der Waals surface area contributed by atoms with Crippen molar-refractivity contribution in [1.82, 2.24) is 9.62 Å². The molecule has 2 aliphatic heterocycles. The summed E-state index contributed by atoms with van der Waals surface area (Å²) < 4.78 is 35.7. The van der Waals surface area contributed by atoms with Crippen LogP contribution in [0.3, 0.4) is 0 Å². The third-order valence-electron chi connectivity index (χ3n) is 4.41. The molecule has 1 amide bonds. The van der Waals surface area contributed by atoms with E-state index in [0.717, 1.165) is 12.7 Å². The molecule has 0 radical (unpaired) electrons. The number of fused-ring (bicyclic) bond motifs is 1. The SMILES string of the molecule is CS(=O)(=O)NC[C@H]1OC[C@@H]2CCN(C(=O)c3ccoc3)C[C@@H]21. The third kappa shape index (κ3) is 3.34. The molecule has 0 saturated carbocycles. The first-order valence-corrected chi connectivity index (χ1v) is 9.21. The summed E-state index contributed by atoms with van der Waals surface area (Å²) in [4.78, 5) is 14.2. The number of furan rings is 1. The molecule has 0 spiro atoms. The largest absolute Gasteiger partial charge is 0.472 e. The van der Waals surface area contributed by atoms with Crippen LogP contribution in [0.1, 0.15) is 16.8 Å². The van der Waals surface area contributed by atoms with Crippen molar-refractivity contribution < 1.29 is 22.4 Å². The lowest BCUT2D eigenvalue weighted by molar-refractivity contribution is 0.0562. The number of likely N-dealkylation sites (tertiary alicyclic amines) is 1. The van der Waals surface area contributed by atoms with E-state index in [1.807, 2.05) is 0 Å². The van der Waals surface area contributed by atoms with Gasteiger partial charge < -0.3 is 14.1 Å². The van der Waals surface area contributed by atoms with Gasteiger partial charge in [-0.2, -0.15) is 0 Å². The predicted octanol–water partition coefficient (Wildman–Crippen LogP) is 0.306. The number of ether oxygens (including phenoxy) is 1. The average molecular weight is 328 g/mol. The van der Waals surface area contributed by atoms with Crippen molar-refractivity contribution >= 4 is 15.9 Å². The average Bonchev–Trinajstić information content (AvgIpc) is 3.12. The fraction of sp³-hybridized carbons (Fsp3) is 0.643. The number of sulfonamides is 1. The summed E-state index contributed by atoms with van der Waals surface area (Å²) in [5, 5.41) is 0. The number of piperidine rings is 1. The van der Waals surface area contributed by atoms with E-state index in [-0.39, 0.29) is 24.5 Å². The lowest BCUT2D eigenvalue weighted by Crippen LogP contribution is -2.47. The van der Waals surface area contributed by atoms with Crippen molar-refractivity contribution in [3.8, 4) is 0 Å². The van der Waals surface area contributed by atoms with E-state index in [0.29, 0.717) is 31.2 Å². The van der Waals surface area contributed by atoms with Crippen LogP contribution in [0.4, 0.5) is 0 Å². The second-order valence-electron chi connectivity index (χ2n) is 5.97. The number of carbonyl (C=O) groups is 1. The highest BCUT2D eigenvalue weighted by Crippen LogP contribution is 2.34. The molecule has 3 rings (SSSR count). The summed E-state index contributed by atoms with van der Waals surface area (Å²) >= 11 is 0. The summed E-state index contributed by atoms with van der Waals surface area (Å²) in [5.41, 5.74) is 0.545. The predicted molar refractivity (Wildman–Crippen MR) is 78.8 cm³/mol. The van der Waals surface area contributed by atoms with Gasteiger partial charge in [0.15, 0.2) is 0 Å². The van der Waals surface area contributed by atoms with Gasteiger partial charge in [0.1, 0.15) is 6.26 Å². The van der Waals surface area contributed by atoms with Crippen LogP contribution >= 0.6 is 0 Å². The Morgan fingerprint density at radius 3 is 3.00 bits per heavy atom. The van der Waals surface area contributed by atoms with E-state index in [1.54, 1.807) is 11.0 Å². The van der Waals surface area contributed by atoms with Gasteiger partial charge >= 0.3 is 0 Å². The summed E-state index contributed by atoms with van der Waals surface area (Å²) in [7, 11) is -3.24. The van der Waals surface area contributed by atoms with Crippen LogP contribution in [0.2, 0.25) is 0 Å². The highest BCUT2D eigenvalue weighted by molar-refractivity contribution is 7.88. The van der Waals surface area contributed by atoms with E-state index < -0.39 is 10.0 Å². The van der Waals surface area contributed by atoms with Crippen LogP contribution in [0.15, 0.2) is 23.0 Å². The Kier molecular flexibility index (Phi) is 4.24. The maximum absolute atomic E-state index is 12.4. The van der Waals surface area contributed by atoms with Gasteiger partial charge in [-0.05, 0) is 18.4 Å². The van der Waals surface area contributed by atoms with Gasteiger partial charge in [-0.3, -0.25) is 4.79 Å². The van der Waals surface area contributed by atoms with E-state index >= 15 is 0 Å². The van der Waals surface area contributed by atoms with Crippen LogP contribution in [-0.2, 0) is 14.8 Å². The Balaban J connectivity index is 1.64. The zero-order valence-corrected chi connectivity index (χ0v) is 13.2. The molecule has 1 aromatic rings. The van der Waals surface area contributed by atoms with Crippen molar-refractivity contribution in [2.24, 2.45) is 11.8 Å². The van der Waals surface area contributed by atoms with Crippen LogP contribution in [-0.4, -0.2) is 57.8 Å². The minimum absolute atomic E-state index is 0.0473. The molecule has 1 aromatic heterocycles. The topological polar surface area (TPSA) is 88.9 Å². The minimum atomic E-state index is -3.24. The van der Waals surface area contributed by atoms with Gasteiger partial charge in [-0.1, -0.05) is 0 Å². The van der Waals surface area contributed by atoms with Gasteiger partial charge in [-0.25, -0.2) is 13.1 Å². The molecular formula is C14H20N2O5S. The van der Waals surface area contributed by atoms with Crippen LogP contribution in [0, 0.1) is 11.8 Å². The second kappa shape index (κ2) is 6.02. The molecule has 3 heterocycles. The molecule has 8 heteroatoms. The molecule has 122 valence electrons. The van der Waals surface area contributed by atoms with Gasteiger partial charge in [-0.15, -0.1) is 0 Å². The molecule has 1 N–H and O–H groups in total. The first-order valence-electron chi connectivity index (χ1n) is 7.32. The molecule has 0 bridgehead atoms. The van der Waals surface area contributed by atoms with Gasteiger partial charge in [0.25, 0.3) is 5.91 Å². The van der Waals surface area contributed by atoms with Crippen LogP contribution in [0.5, 0.6) is 0 Å². The summed E-state index contributed by atoms with van der Waals surface area (Å²) in [6.45, 7) is 2.17. The second-order valence-corrected chi connectivity index (χ2v) is 7.80. The maximum Gasteiger partial charge on any atom is 0.257 e. The van der Waals surface area contributed by atoms with Gasteiger partial charge in [0.05, 0.1) is 30.8 Å². The first-order chi connectivity index (χ1) is 10.4. The molecule has 7 nitrogen and oxygen atoms in total. The smallest absolute Gasteiger partial charge is 0.257 e. The molecule has 3 atom stereocenters. The van der Waals surface area contributed by atoms with Gasteiger partial charge in [0, 0.05) is 25.6 Å². The summed E-state index contributed by atoms with van der Waals surface area (Å²) in [6.07, 6.45) is 4.76. The fourth-order valence-corrected chi connectivity index (χ4v) is 3.69. The maximum atomic E-state index is 12.4. The van der Waals surface area contributed by atoms with Crippen LogP contribution < -0.4 is 4.72 Å². The Hall–Kier alpha value is -1.38. The molecule has 0 unspecified atom stereocenters. The summed E-state index contributed by atoms with van der Waals surface area (Å²) in [6, 6.07) is 1.66. The van der Waals surface area contributed by atoms with E-state index in [1.165, 1.54) is 12.5 Å². The fourth-order valence-electron chi connectivity index (χ4n) is 3.23. The summed E-state index contributed by atoms with van der Waals surface area (Å²) in [5.74, 6) is 0.507. The Morgan fingerprint density at radius 2 is 2.32 bits per heavy atom. The highest BCUT2D eigenvalue weighted by Gasteiger charge is 2.42. The number of amides is 1. The number of carbonyl (C=O) groups excluding carboxylic acids is 1. The number of hydrogen-bond acceptors (Lipinski definition) is 5. The Labute approximate surface area is 129 Å². The number of nitrogens with one attached hydrogen (secondary N) is 1. The van der Waals surface area contributed by atoms with Crippen molar-refractivity contribution in [2.45, 2.75) is 12.5 Å². The lowest BCUT2D eigenvalue weighted by Gasteiger charge is -2.35. The molecule has 2 fully saturated rings. The number of nitrogens with zero attached hydrogens (tertiary/aromatic N) is 1. The Morgan fingerprint density at radius 1 is 1.50 bits per heavy atom. The molecule has 22 heavy (non-hydrogen) atoms.